The minimum atomic E-state index is -1.43. The zero-order chi connectivity index (χ0) is 30.0. The first-order chi connectivity index (χ1) is 19.4. The molecule has 0 spiro atoms. The summed E-state index contributed by atoms with van der Waals surface area (Å²) in [4.78, 5) is 71.0. The normalized spacial score (nSPS) is 19.3. The molecule has 2 amide bonds. The van der Waals surface area contributed by atoms with Crippen LogP contribution in [0.2, 0.25) is 0 Å². The number of hydrogen-bond acceptors (Lipinski definition) is 16. The molecule has 0 saturated carbocycles. The van der Waals surface area contributed by atoms with E-state index in [0.717, 1.165) is 51.3 Å². The lowest BCUT2D eigenvalue weighted by atomic mass is 10.0. The highest BCUT2D eigenvalue weighted by Crippen LogP contribution is 2.43. The second-order valence-electron chi connectivity index (χ2n) is 7.90. The molecular weight excluding hydrogens is 645 g/mol. The van der Waals surface area contributed by atoms with Gasteiger partial charge in [-0.1, -0.05) is 5.16 Å². The Morgan fingerprint density at radius 3 is 2.61 bits per heavy atom. The molecule has 4 rings (SSSR count). The molecule has 2 aliphatic heterocycles. The Hall–Kier alpha value is -3.53. The number of carboxylic acids is 3. The summed E-state index contributed by atoms with van der Waals surface area (Å²) in [7, 11) is 0. The third-order valence-electron chi connectivity index (χ3n) is 5.41. The molecule has 1 fully saturated rings. The number of aromatic hydroxyl groups is 1. The fraction of sp³-hybridized carbons (Fsp3) is 0.300. The van der Waals surface area contributed by atoms with Crippen molar-refractivity contribution < 1.29 is 49.2 Å². The van der Waals surface area contributed by atoms with E-state index in [9.17, 15) is 44.4 Å². The van der Waals surface area contributed by atoms with E-state index in [-0.39, 0.29) is 32.2 Å². The standard InChI is InChI=1S/C20H18N6O10S5/c1-37-18(17(34)35)36-24-8(6-4-40-20(21)22-6)12(28)23-9-13(29)26-10(16(32)33)5(2-38-14(9)26)3-39-19-7(15(30)31)11(27)25-41-19/h4,9,14,18H,2-3H2,1H3,(H2,21,22)(H,23,28)(H,25,27)(H,30,31)(H,32,33)(H,34,35)/b24-8-/t9-,14+,18-/m1/s1. The van der Waals surface area contributed by atoms with Crippen LogP contribution < -0.4 is 11.1 Å². The van der Waals surface area contributed by atoms with Gasteiger partial charge in [0.1, 0.15) is 28.4 Å². The number of carboxylic acid groups (broad SMARTS) is 3. The number of hydrogen-bond donors (Lipinski definition) is 6. The molecule has 7 N–H and O–H groups in total. The van der Waals surface area contributed by atoms with Crippen molar-refractivity contribution in [2.75, 3.05) is 23.5 Å². The molecule has 16 nitrogen and oxygen atoms in total. The van der Waals surface area contributed by atoms with E-state index >= 15 is 0 Å². The number of aromatic carboxylic acids is 1. The van der Waals surface area contributed by atoms with E-state index in [2.05, 4.69) is 19.8 Å². The zero-order valence-electron chi connectivity index (χ0n) is 20.4. The maximum atomic E-state index is 13.1. The Kier molecular flexibility index (Phi) is 9.31. The quantitative estimate of drug-likeness (QED) is 0.0598. The summed E-state index contributed by atoms with van der Waals surface area (Å²) in [6.07, 6.45) is 1.46. The minimum absolute atomic E-state index is 0.00362. The third kappa shape index (κ3) is 6.22. The van der Waals surface area contributed by atoms with E-state index in [1.807, 2.05) is 0 Å². The highest BCUT2D eigenvalue weighted by Gasteiger charge is 2.54. The van der Waals surface area contributed by atoms with Gasteiger partial charge in [-0.05, 0) is 23.4 Å². The SMILES string of the molecule is CS[C@@H](O/N=C(\C(=O)N[C@@H]1C(=O)N2C(C(=O)O)=C(CSc3snc(O)c3C(=O)O)CS[C@@H]12)c1csc(N)n1)C(=O)O. The maximum absolute atomic E-state index is 13.1. The lowest BCUT2D eigenvalue weighted by molar-refractivity contribution is -0.150. The average Bonchev–Trinajstić information content (AvgIpc) is 3.52. The first kappa shape index (κ1) is 30.4. The largest absolute Gasteiger partial charge is 0.492 e. The van der Waals surface area contributed by atoms with Crippen molar-refractivity contribution in [2.24, 2.45) is 5.16 Å². The van der Waals surface area contributed by atoms with Crippen LogP contribution in [0.25, 0.3) is 0 Å². The Morgan fingerprint density at radius 2 is 2.02 bits per heavy atom. The number of thioether (sulfide) groups is 3. The predicted octanol–water partition coefficient (Wildman–Crippen LogP) is 0.611. The number of nitrogens with two attached hydrogens (primary N) is 1. The molecule has 0 bridgehead atoms. The van der Waals surface area contributed by atoms with Crippen LogP contribution in [-0.4, -0.2) is 105 Å². The Morgan fingerprint density at radius 1 is 1.29 bits per heavy atom. The molecule has 2 aromatic rings. The van der Waals surface area contributed by atoms with Gasteiger partial charge in [-0.2, -0.15) is 4.37 Å². The summed E-state index contributed by atoms with van der Waals surface area (Å²) in [6.45, 7) is 0. The highest BCUT2D eigenvalue weighted by atomic mass is 32.2. The monoisotopic (exact) mass is 662 g/mol. The van der Waals surface area contributed by atoms with Gasteiger partial charge < -0.3 is 36.3 Å². The van der Waals surface area contributed by atoms with Crippen molar-refractivity contribution in [1.29, 1.82) is 0 Å². The second-order valence-corrected chi connectivity index (χ2v) is 12.8. The number of fused-ring (bicyclic) bond motifs is 1. The van der Waals surface area contributed by atoms with Crippen molar-refractivity contribution in [1.82, 2.24) is 19.6 Å². The van der Waals surface area contributed by atoms with Crippen molar-refractivity contribution in [2.45, 2.75) is 21.1 Å². The second kappa shape index (κ2) is 12.5. The summed E-state index contributed by atoms with van der Waals surface area (Å²) in [6, 6.07) is -1.15. The molecule has 2 aromatic heterocycles. The molecule has 0 aliphatic carbocycles. The van der Waals surface area contributed by atoms with Crippen molar-refractivity contribution in [3.63, 3.8) is 0 Å². The molecule has 0 unspecified atom stereocenters. The van der Waals surface area contributed by atoms with Gasteiger partial charge in [0, 0.05) is 16.9 Å². The van der Waals surface area contributed by atoms with Gasteiger partial charge in [-0.15, -0.1) is 46.6 Å². The van der Waals surface area contributed by atoms with Crippen LogP contribution >= 0.6 is 58.2 Å². The lowest BCUT2D eigenvalue weighted by Gasteiger charge is -2.49. The van der Waals surface area contributed by atoms with Crippen molar-refractivity contribution >= 4 is 98.7 Å². The fourth-order valence-corrected chi connectivity index (χ4v) is 7.85. The number of nitrogens with zero attached hydrogens (tertiary/aromatic N) is 4. The van der Waals surface area contributed by atoms with E-state index in [0.29, 0.717) is 5.57 Å². The number of carbonyl (C=O) groups excluding carboxylic acids is 2. The number of rotatable bonds is 12. The summed E-state index contributed by atoms with van der Waals surface area (Å²) < 4.78 is 3.78. The Labute approximate surface area is 250 Å². The molecule has 218 valence electrons. The number of aliphatic carboxylic acids is 2. The maximum Gasteiger partial charge on any atom is 0.358 e. The van der Waals surface area contributed by atoms with E-state index < -0.39 is 63.7 Å². The van der Waals surface area contributed by atoms with Gasteiger partial charge in [0.05, 0.1) is 4.21 Å². The van der Waals surface area contributed by atoms with Gasteiger partial charge in [-0.25, -0.2) is 19.4 Å². The van der Waals surface area contributed by atoms with Gasteiger partial charge >= 0.3 is 17.9 Å². The van der Waals surface area contributed by atoms with Crippen LogP contribution in [0.15, 0.2) is 26.0 Å². The fourth-order valence-electron chi connectivity index (χ4n) is 3.60. The van der Waals surface area contributed by atoms with Gasteiger partial charge in [0.2, 0.25) is 5.88 Å². The van der Waals surface area contributed by atoms with Crippen molar-refractivity contribution in [3.05, 3.63) is 27.9 Å². The topological polar surface area (TPSA) is 255 Å². The predicted molar refractivity (Wildman–Crippen MR) is 150 cm³/mol. The Balaban J connectivity index is 1.52. The molecular formula is C20H18N6O10S5. The summed E-state index contributed by atoms with van der Waals surface area (Å²) in [5.74, 6) is -6.26. The lowest BCUT2D eigenvalue weighted by Crippen LogP contribution is -2.71. The van der Waals surface area contributed by atoms with E-state index in [4.69, 9.17) is 10.6 Å². The van der Waals surface area contributed by atoms with Gasteiger partial charge in [-0.3, -0.25) is 14.5 Å². The van der Waals surface area contributed by atoms with Crippen LogP contribution in [0, 0.1) is 0 Å². The smallest absolute Gasteiger partial charge is 0.358 e. The number of nitrogens with one attached hydrogen (secondary N) is 1. The number of oxime groups is 1. The molecule has 2 aliphatic rings. The number of amides is 2. The number of β-lactam (4-membered cyclic amide) rings is 1. The first-order valence-corrected chi connectivity index (χ1v) is 15.9. The van der Waals surface area contributed by atoms with Crippen LogP contribution in [0.3, 0.4) is 0 Å². The summed E-state index contributed by atoms with van der Waals surface area (Å²) >= 11 is 4.69. The molecule has 4 heterocycles. The first-order valence-electron chi connectivity index (χ1n) is 10.9. The number of carbonyl (C=O) groups is 5. The highest BCUT2D eigenvalue weighted by molar-refractivity contribution is 8.02. The Bertz CT molecular complexity index is 1490. The number of anilines is 1. The molecule has 1 saturated heterocycles. The van der Waals surface area contributed by atoms with Crippen molar-refractivity contribution in [3.8, 4) is 5.88 Å². The number of thiazole rings is 1. The molecule has 0 radical (unpaired) electrons. The third-order valence-corrected chi connectivity index (χ3v) is 10.3. The van der Waals surface area contributed by atoms with Gasteiger partial charge in [0.15, 0.2) is 10.8 Å². The molecule has 3 atom stereocenters. The van der Waals surface area contributed by atoms with E-state index in [1.54, 1.807) is 0 Å². The van der Waals surface area contributed by atoms with Crippen LogP contribution in [0.1, 0.15) is 16.1 Å². The summed E-state index contributed by atoms with van der Waals surface area (Å²) in [5, 5.41) is 44.9. The molecule has 41 heavy (non-hydrogen) atoms. The number of aromatic nitrogens is 2. The molecule has 21 heteroatoms. The van der Waals surface area contributed by atoms with Crippen LogP contribution in [0.4, 0.5) is 5.13 Å². The molecule has 0 aromatic carbocycles. The van der Waals surface area contributed by atoms with Crippen LogP contribution in [0.5, 0.6) is 5.88 Å². The average molecular weight is 663 g/mol. The van der Waals surface area contributed by atoms with Crippen LogP contribution in [-0.2, 0) is 24.0 Å². The van der Waals surface area contributed by atoms with Gasteiger partial charge in [0.25, 0.3) is 17.3 Å². The van der Waals surface area contributed by atoms with E-state index in [1.165, 1.54) is 23.4 Å². The number of nitrogen functional groups attached to an aromatic ring is 1. The minimum Gasteiger partial charge on any atom is -0.492 e. The summed E-state index contributed by atoms with van der Waals surface area (Å²) in [5.41, 5.74) is 3.41. The zero-order valence-corrected chi connectivity index (χ0v) is 24.5.